The van der Waals surface area contributed by atoms with Crippen LogP contribution in [-0.4, -0.2) is 40.3 Å². The van der Waals surface area contributed by atoms with Gasteiger partial charge in [0.2, 0.25) is 5.91 Å². The normalized spacial score (nSPS) is 17.4. The molecule has 2 amide bonds. The second-order valence-electron chi connectivity index (χ2n) is 8.50. The summed E-state index contributed by atoms with van der Waals surface area (Å²) in [7, 11) is 1.63. The molecule has 2 aliphatic heterocycles. The molecule has 0 N–H and O–H groups in total. The molecule has 1 unspecified atom stereocenters. The first-order valence-corrected chi connectivity index (χ1v) is 11.2. The van der Waals surface area contributed by atoms with E-state index in [1.54, 1.807) is 12.0 Å². The van der Waals surface area contributed by atoms with Gasteiger partial charge in [-0.05, 0) is 49.6 Å². The molecule has 0 bridgehead atoms. The van der Waals surface area contributed by atoms with E-state index < -0.39 is 0 Å². The fraction of sp³-hybridized carbons (Fsp3) is 0.308. The van der Waals surface area contributed by atoms with Crippen molar-refractivity contribution >= 4 is 17.6 Å². The van der Waals surface area contributed by atoms with Crippen molar-refractivity contribution in [2.75, 3.05) is 18.6 Å². The number of amides is 2. The van der Waals surface area contributed by atoms with Crippen LogP contribution in [0.3, 0.4) is 0 Å². The van der Waals surface area contributed by atoms with Crippen molar-refractivity contribution in [2.45, 2.75) is 38.8 Å². The summed E-state index contributed by atoms with van der Waals surface area (Å²) in [5, 5.41) is 0. The summed E-state index contributed by atoms with van der Waals surface area (Å²) in [6, 6.07) is 16.8. The van der Waals surface area contributed by atoms with Gasteiger partial charge >= 0.3 is 0 Å². The zero-order valence-electron chi connectivity index (χ0n) is 18.8. The third kappa shape index (κ3) is 3.95. The highest BCUT2D eigenvalue weighted by Gasteiger charge is 2.36. The highest BCUT2D eigenvalue weighted by Crippen LogP contribution is 2.36. The molecule has 3 heterocycles. The lowest BCUT2D eigenvalue weighted by Crippen LogP contribution is -2.32. The van der Waals surface area contributed by atoms with E-state index in [1.165, 1.54) is 0 Å². The van der Waals surface area contributed by atoms with Gasteiger partial charge in [-0.1, -0.05) is 30.3 Å². The maximum atomic E-state index is 13.2. The maximum Gasteiger partial charge on any atom is 0.254 e. The summed E-state index contributed by atoms with van der Waals surface area (Å²) in [4.78, 5) is 39.3. The molecule has 1 atom stereocenters. The molecule has 2 aliphatic rings. The number of hydrogen-bond acceptors (Lipinski definition) is 5. The third-order valence-electron chi connectivity index (χ3n) is 6.40. The molecule has 0 aliphatic carbocycles. The number of carbonyl (C=O) groups is 2. The number of nitrogens with zero attached hydrogens (tertiary/aromatic N) is 4. The number of aromatic nitrogens is 2. The van der Waals surface area contributed by atoms with Gasteiger partial charge in [-0.2, -0.15) is 0 Å². The molecular weight excluding hydrogens is 416 g/mol. The van der Waals surface area contributed by atoms with Crippen molar-refractivity contribution < 1.29 is 14.3 Å². The Morgan fingerprint density at radius 2 is 1.94 bits per heavy atom. The standard InChI is InChI=1S/C26H26N4O3/c1-17-21-15-23(31)30(16-18-8-6-11-20(14-18)33-2)25(21)28-24(27-17)22-12-7-13-29(22)26(32)19-9-4-3-5-10-19/h3-6,8-11,14,22H,7,12-13,15-16H2,1-2H3. The molecular formula is C26H26N4O3. The molecule has 33 heavy (non-hydrogen) atoms. The lowest BCUT2D eigenvalue weighted by molar-refractivity contribution is -0.117. The smallest absolute Gasteiger partial charge is 0.254 e. The van der Waals surface area contributed by atoms with Crippen LogP contribution in [0, 0.1) is 6.92 Å². The molecule has 168 valence electrons. The minimum absolute atomic E-state index is 0.00556. The Kier molecular flexibility index (Phi) is 5.54. The van der Waals surface area contributed by atoms with E-state index >= 15 is 0 Å². The fourth-order valence-electron chi connectivity index (χ4n) is 4.69. The van der Waals surface area contributed by atoms with E-state index in [0.29, 0.717) is 36.7 Å². The Bertz CT molecular complexity index is 1210. The van der Waals surface area contributed by atoms with E-state index in [-0.39, 0.29) is 17.9 Å². The number of likely N-dealkylation sites (tertiary alicyclic amines) is 1. The van der Waals surface area contributed by atoms with Crippen molar-refractivity contribution in [1.29, 1.82) is 0 Å². The second kappa shape index (κ2) is 8.65. The van der Waals surface area contributed by atoms with Crippen molar-refractivity contribution in [3.63, 3.8) is 0 Å². The minimum atomic E-state index is -0.198. The van der Waals surface area contributed by atoms with Crippen molar-refractivity contribution in [3.8, 4) is 5.75 Å². The maximum absolute atomic E-state index is 13.2. The van der Waals surface area contributed by atoms with Crippen molar-refractivity contribution in [1.82, 2.24) is 14.9 Å². The number of rotatable bonds is 5. The highest BCUT2D eigenvalue weighted by atomic mass is 16.5. The summed E-state index contributed by atoms with van der Waals surface area (Å²) < 4.78 is 5.33. The van der Waals surface area contributed by atoms with E-state index in [4.69, 9.17) is 14.7 Å². The Balaban J connectivity index is 1.47. The highest BCUT2D eigenvalue weighted by molar-refractivity contribution is 6.00. The Morgan fingerprint density at radius 1 is 1.12 bits per heavy atom. The predicted octanol–water partition coefficient (Wildman–Crippen LogP) is 3.86. The average Bonchev–Trinajstić information content (AvgIpc) is 3.45. The molecule has 0 saturated carbocycles. The van der Waals surface area contributed by atoms with Gasteiger partial charge in [0.05, 0.1) is 26.1 Å². The van der Waals surface area contributed by atoms with Crippen molar-refractivity contribution in [3.05, 3.63) is 82.8 Å². The first-order valence-electron chi connectivity index (χ1n) is 11.2. The summed E-state index contributed by atoms with van der Waals surface area (Å²) in [6.45, 7) is 3.01. The quantitative estimate of drug-likeness (QED) is 0.600. The van der Waals surface area contributed by atoms with Gasteiger partial charge in [-0.15, -0.1) is 0 Å². The lowest BCUT2D eigenvalue weighted by atomic mass is 10.1. The van der Waals surface area contributed by atoms with Crippen LogP contribution in [-0.2, 0) is 17.8 Å². The number of benzene rings is 2. The number of hydrogen-bond donors (Lipinski definition) is 0. The summed E-state index contributed by atoms with van der Waals surface area (Å²) >= 11 is 0. The Hall–Kier alpha value is -3.74. The monoisotopic (exact) mass is 442 g/mol. The van der Waals surface area contributed by atoms with E-state index in [0.717, 1.165) is 35.4 Å². The zero-order chi connectivity index (χ0) is 22.9. The second-order valence-corrected chi connectivity index (χ2v) is 8.50. The molecule has 5 rings (SSSR count). The van der Waals surface area contributed by atoms with Crippen LogP contribution in [0.15, 0.2) is 54.6 Å². The van der Waals surface area contributed by atoms with Gasteiger partial charge in [0, 0.05) is 23.4 Å². The minimum Gasteiger partial charge on any atom is -0.497 e. The molecule has 7 nitrogen and oxygen atoms in total. The summed E-state index contributed by atoms with van der Waals surface area (Å²) in [5.41, 5.74) is 3.30. The van der Waals surface area contributed by atoms with Gasteiger partial charge in [0.1, 0.15) is 11.6 Å². The number of aryl methyl sites for hydroxylation is 1. The summed E-state index contributed by atoms with van der Waals surface area (Å²) in [5.74, 6) is 2.01. The molecule has 0 radical (unpaired) electrons. The third-order valence-corrected chi connectivity index (χ3v) is 6.40. The van der Waals surface area contributed by atoms with Crippen LogP contribution in [0.4, 0.5) is 5.82 Å². The molecule has 1 saturated heterocycles. The first kappa shape index (κ1) is 21.1. The number of carbonyl (C=O) groups excluding carboxylic acids is 2. The van der Waals surface area contributed by atoms with Gasteiger partial charge in [-0.3, -0.25) is 14.5 Å². The SMILES string of the molecule is COc1cccc(CN2C(=O)Cc3c(C)nc(C4CCCN4C(=O)c4ccccc4)nc32)c1. The van der Waals surface area contributed by atoms with Crippen LogP contribution in [0.5, 0.6) is 5.75 Å². The van der Waals surface area contributed by atoms with Gasteiger partial charge < -0.3 is 9.64 Å². The van der Waals surface area contributed by atoms with Crippen LogP contribution >= 0.6 is 0 Å². The Morgan fingerprint density at radius 3 is 2.73 bits per heavy atom. The number of ether oxygens (including phenoxy) is 1. The molecule has 1 fully saturated rings. The molecule has 0 spiro atoms. The average molecular weight is 443 g/mol. The molecule has 1 aromatic heterocycles. The van der Waals surface area contributed by atoms with E-state index in [1.807, 2.05) is 66.4 Å². The number of anilines is 1. The largest absolute Gasteiger partial charge is 0.497 e. The van der Waals surface area contributed by atoms with E-state index in [9.17, 15) is 9.59 Å². The molecule has 2 aromatic carbocycles. The fourth-order valence-corrected chi connectivity index (χ4v) is 4.69. The van der Waals surface area contributed by atoms with Crippen molar-refractivity contribution in [2.24, 2.45) is 0 Å². The number of methoxy groups -OCH3 is 1. The lowest BCUT2D eigenvalue weighted by Gasteiger charge is -2.25. The molecule has 3 aromatic rings. The van der Waals surface area contributed by atoms with Crippen LogP contribution in [0.25, 0.3) is 0 Å². The van der Waals surface area contributed by atoms with Gasteiger partial charge in [0.25, 0.3) is 5.91 Å². The number of fused-ring (bicyclic) bond motifs is 1. The molecule has 7 heteroatoms. The topological polar surface area (TPSA) is 75.6 Å². The predicted molar refractivity (Wildman–Crippen MR) is 124 cm³/mol. The van der Waals surface area contributed by atoms with Crippen LogP contribution in [0.2, 0.25) is 0 Å². The Labute approximate surface area is 193 Å². The summed E-state index contributed by atoms with van der Waals surface area (Å²) in [6.07, 6.45) is 2.00. The first-order chi connectivity index (χ1) is 16.0. The van der Waals surface area contributed by atoms with Crippen LogP contribution in [0.1, 0.15) is 51.9 Å². The van der Waals surface area contributed by atoms with E-state index in [2.05, 4.69) is 0 Å². The van der Waals surface area contributed by atoms with Crippen LogP contribution < -0.4 is 9.64 Å². The zero-order valence-corrected chi connectivity index (χ0v) is 18.8. The van der Waals surface area contributed by atoms with Gasteiger partial charge in [-0.25, -0.2) is 9.97 Å². The van der Waals surface area contributed by atoms with Gasteiger partial charge in [0.15, 0.2) is 5.82 Å².